The number of aromatic nitrogens is 2. The predicted octanol–water partition coefficient (Wildman–Crippen LogP) is 18.0. The summed E-state index contributed by atoms with van der Waals surface area (Å²) < 4.78 is 52.4. The predicted molar refractivity (Wildman–Crippen MR) is 533 cm³/mol. The minimum Gasteiger partial charge on any atom is -0.489 e. The minimum atomic E-state index is -1.17. The molecule has 0 radical (unpaired) electrons. The molecule has 0 aliphatic heterocycles. The van der Waals surface area contributed by atoms with Crippen molar-refractivity contribution in [1.82, 2.24) is 41.0 Å². The van der Waals surface area contributed by atoms with Crippen molar-refractivity contribution in [3.05, 3.63) is 359 Å². The number of rotatable bonds is 46. The van der Waals surface area contributed by atoms with Crippen molar-refractivity contribution < 1.29 is 74.3 Å². The average molecular weight is 1850 g/mol. The number of unbranched alkanes of at least 4 members (excludes halogenated alkanes) is 2. The van der Waals surface area contributed by atoms with Gasteiger partial charge >= 0.3 is 24.1 Å². The lowest BCUT2D eigenvalue weighted by atomic mass is 9.88. The van der Waals surface area contributed by atoms with E-state index in [1.165, 1.54) is 0 Å². The number of nitrogens with zero attached hydrogens (tertiary/aromatic N) is 2. The Morgan fingerprint density at radius 3 is 1.18 bits per heavy atom. The summed E-state index contributed by atoms with van der Waals surface area (Å²) in [7, 11) is 7.52. The first-order valence-electron chi connectivity index (χ1n) is 47.9. The number of terminal acetylenes is 2. The molecule has 0 saturated carbocycles. The number of aryl methyl sites for hydroxylation is 2. The van der Waals surface area contributed by atoms with Crippen LogP contribution in [0.25, 0.3) is 44.1 Å². The summed E-state index contributed by atoms with van der Waals surface area (Å²) in [5.74, 6) is -5.92. The second-order valence-corrected chi connectivity index (χ2v) is 35.0. The van der Waals surface area contributed by atoms with Crippen LogP contribution in [-0.2, 0) is 106 Å². The Morgan fingerprint density at radius 2 is 0.754 bits per heavy atom. The highest BCUT2D eigenvalue weighted by Crippen LogP contribution is 2.46. The number of para-hydroxylation sites is 2. The largest absolute Gasteiger partial charge is 0.489 e. The van der Waals surface area contributed by atoms with E-state index in [1.54, 1.807) is 48.5 Å². The van der Waals surface area contributed by atoms with Crippen molar-refractivity contribution in [3.63, 3.8) is 0 Å². The van der Waals surface area contributed by atoms with Crippen LogP contribution in [0.5, 0.6) is 11.5 Å². The third-order valence-electron chi connectivity index (χ3n) is 25.6. The molecule has 23 nitrogen and oxygen atoms in total. The monoisotopic (exact) mass is 1850 g/mol. The van der Waals surface area contributed by atoms with Gasteiger partial charge in [0.05, 0.1) is 23.9 Å². The van der Waals surface area contributed by atoms with Crippen molar-refractivity contribution in [2.24, 2.45) is 31.8 Å². The highest BCUT2D eigenvalue weighted by molar-refractivity contribution is 5.98. The van der Waals surface area contributed by atoms with E-state index in [4.69, 9.17) is 31.2 Å². The van der Waals surface area contributed by atoms with E-state index >= 15 is 4.79 Å². The number of nitrogens with one attached hydrogen (secondary N) is 6. The molecule has 2 heterocycles. The maximum atomic E-state index is 15.0. The Kier molecular flexibility index (Phi) is 34.1. The number of hydrogen-bond acceptors (Lipinski definition) is 17. The van der Waals surface area contributed by atoms with Gasteiger partial charge in [-0.2, -0.15) is 0 Å². The van der Waals surface area contributed by atoms with Crippen molar-refractivity contribution in [3.8, 4) is 58.8 Å². The fourth-order valence-electron chi connectivity index (χ4n) is 18.5. The smallest absolute Gasteiger partial charge is 0.408 e. The maximum absolute atomic E-state index is 15.0. The zero-order valence-corrected chi connectivity index (χ0v) is 77.9. The lowest BCUT2D eigenvalue weighted by molar-refractivity contribution is -0.144. The van der Waals surface area contributed by atoms with Gasteiger partial charge in [-0.05, 0) is 205 Å². The van der Waals surface area contributed by atoms with Gasteiger partial charge in [-0.3, -0.25) is 33.6 Å². The molecule has 2 aliphatic rings. The van der Waals surface area contributed by atoms with Gasteiger partial charge in [0.1, 0.15) is 65.0 Å². The highest BCUT2D eigenvalue weighted by atomic mass is 16.6. The first-order valence-corrected chi connectivity index (χ1v) is 46.9. The first-order chi connectivity index (χ1) is 68.3. The van der Waals surface area contributed by atoms with Crippen LogP contribution in [0.15, 0.2) is 298 Å². The zero-order chi connectivity index (χ0) is 98.1. The molecule has 7 atom stereocenters. The number of fused-ring (bicyclic) bond motifs is 8. The molecule has 15 rings (SSSR count). The number of carbonyl (C=O) groups excluding carboxylic acids is 9. The summed E-state index contributed by atoms with van der Waals surface area (Å²) in [6.45, 7) is 2.24. The number of ether oxygens (including phenoxy) is 6. The summed E-state index contributed by atoms with van der Waals surface area (Å²) >= 11 is 0. The van der Waals surface area contributed by atoms with Gasteiger partial charge in [0, 0.05) is 91.7 Å². The molecule has 11 aromatic carbocycles. The van der Waals surface area contributed by atoms with E-state index in [0.717, 1.165) is 106 Å². The molecule has 0 saturated heterocycles. The fourth-order valence-corrected chi connectivity index (χ4v) is 18.5. The Hall–Kier alpha value is -15.4. The maximum Gasteiger partial charge on any atom is 0.408 e. The molecule has 0 spiro atoms. The van der Waals surface area contributed by atoms with Crippen LogP contribution >= 0.6 is 0 Å². The van der Waals surface area contributed by atoms with E-state index < -0.39 is 89.4 Å². The van der Waals surface area contributed by atoms with E-state index in [0.29, 0.717) is 69.0 Å². The summed E-state index contributed by atoms with van der Waals surface area (Å²) in [6.07, 6.45) is 12.9. The molecule has 138 heavy (non-hydrogen) atoms. The molecule has 2 aliphatic carbocycles. The molecule has 2 aromatic heterocycles. The van der Waals surface area contributed by atoms with Crippen LogP contribution < -0.4 is 41.4 Å². The molecule has 13 aromatic rings. The number of ketones is 3. The van der Waals surface area contributed by atoms with Crippen LogP contribution in [0.1, 0.15) is 140 Å². The Bertz CT molecular complexity index is 6500. The third kappa shape index (κ3) is 26.2. The van der Waals surface area contributed by atoms with Gasteiger partial charge in [-0.15, -0.1) is 0 Å². The molecular weight excluding hydrogens is 1730 g/mol. The summed E-state index contributed by atoms with van der Waals surface area (Å²) in [6, 6.07) is 86.4. The minimum absolute atomic E-state index is 0.0397. The normalized spacial score (nSPS) is 13.3. The Morgan fingerprint density at radius 1 is 0.377 bits per heavy atom. The third-order valence-corrected chi connectivity index (χ3v) is 25.6. The van der Waals surface area contributed by atoms with Crippen molar-refractivity contribution in [2.45, 2.75) is 133 Å². The van der Waals surface area contributed by atoms with Crippen LogP contribution in [0, 0.1) is 42.8 Å². The lowest BCUT2D eigenvalue weighted by Crippen LogP contribution is -2.53. The number of amides is 4. The standard InChI is InChI=1S/C62H62N4O8.C53H54N4O7/c1-4-72-61(70)46(35-42-30-32-48(33-31-42)73-40-43-19-7-5-8-20-43)38-57(67)55(28-17-18-34-63-2)64-60(69)45(36-47-39-66(3)56-29-16-15-23-49(47)56)37-58(68)59(44-21-9-6-10-22-44)65-62(71)74-41-54-52-26-13-11-24-50(52)51-25-12-14-27-53(51)54;1-4-62-52(60)38(30-36-25-27-40(28-26-36)63-34-37-16-6-5-7-17-37)32-50(58)47(23-14-15-29-54-2)55-51(59)48(31-39-33-57(3)49-24-13-12-18-41(39)49)56-53(61)64-35-46-44-21-10-8-19-42(44)43-20-9-11-22-45(43)46/h1,5-16,19-27,29-33,39,45-46,54-55,59,63H,17-18,28,34-38,40-41H2,2-3H3,(H,64,69)(H,65,71);1,5-13,16-22,24-28,33,38,46-48,54H,14-15,23,29-32,34-35H2,2-3H3,(H,55,59)(H,56,61)/t45-,46?,55-,59-;38?,47-,48+/m00/s1/i2*1T. The molecule has 2 unspecified atom stereocenters. The van der Waals surface area contributed by atoms with Crippen LogP contribution in [0.3, 0.4) is 0 Å². The molecular formula is C115H116N8O15. The van der Waals surface area contributed by atoms with Gasteiger partial charge in [0.2, 0.25) is 11.8 Å². The number of benzene rings is 11. The number of esters is 2. The number of hydrogen-bond donors (Lipinski definition) is 6. The second-order valence-electron chi connectivity index (χ2n) is 35.0. The van der Waals surface area contributed by atoms with Crippen LogP contribution in [0.4, 0.5) is 9.59 Å². The van der Waals surface area contributed by atoms with Gasteiger partial charge in [0.25, 0.3) is 0 Å². The first kappa shape index (κ1) is 95.7. The molecule has 0 bridgehead atoms. The van der Waals surface area contributed by atoms with Gasteiger partial charge in [0.15, 0.2) is 17.3 Å². The van der Waals surface area contributed by atoms with Crippen LogP contribution in [-0.4, -0.2) is 121 Å². The SMILES string of the molecule is [3H]C#COC(=O)C(CC(=O)[C@H](CCCCNC)NC(=O)[C@@H](Cc1cn(C)c2ccccc12)NC(=O)OCC1c2ccccc2-c2ccccc21)Cc1ccc(OCc2ccccc2)cc1.[3H]C#COC(=O)C(CC(=O)[C@H](CCCCNC)NC(=O)[C@H](CC(=O)[C@@H](NC(=O)OCC1c2ccccc2-c2ccccc21)c1ccccc1)Cc1cn(C)c2ccccc12)Cc1ccc(OCc2ccccc2)cc1. The highest BCUT2D eigenvalue weighted by Gasteiger charge is 2.38. The number of alkyl carbamates (subject to hydrolysis) is 2. The Balaban J connectivity index is 0.000000225. The molecule has 4 amide bonds. The van der Waals surface area contributed by atoms with E-state index in [1.807, 2.05) is 275 Å². The number of Topliss-reactive ketones (excluding diaryl/α,β-unsaturated/α-hetero) is 3. The number of carbonyl (C=O) groups is 9. The summed E-state index contributed by atoms with van der Waals surface area (Å²) in [4.78, 5) is 128. The molecule has 23 heteroatoms. The molecule has 6 N–H and O–H groups in total. The average Bonchev–Trinajstić information content (AvgIpc) is 1.55. The van der Waals surface area contributed by atoms with E-state index in [9.17, 15) is 38.4 Å². The van der Waals surface area contributed by atoms with Crippen LogP contribution in [0.2, 0.25) is 0 Å². The van der Waals surface area contributed by atoms with Gasteiger partial charge in [-0.1, -0.05) is 262 Å². The van der Waals surface area contributed by atoms with Crippen molar-refractivity contribution in [2.75, 3.05) is 40.4 Å². The Labute approximate surface area is 808 Å². The second kappa shape index (κ2) is 49.2. The zero-order valence-electron chi connectivity index (χ0n) is 79.9. The molecule has 0 fully saturated rings. The van der Waals surface area contributed by atoms with Gasteiger partial charge < -0.3 is 69.5 Å². The van der Waals surface area contributed by atoms with E-state index in [-0.39, 0.29) is 82.2 Å². The molecule has 706 valence electrons. The summed E-state index contributed by atoms with van der Waals surface area (Å²) in [5.41, 5.74) is 16.2. The van der Waals surface area contributed by atoms with E-state index in [2.05, 4.69) is 68.4 Å². The van der Waals surface area contributed by atoms with Crippen molar-refractivity contribution in [1.29, 1.82) is 0 Å². The lowest BCUT2D eigenvalue weighted by Gasteiger charge is -2.25. The fraction of sp³-hybridized carbons (Fsp3) is 0.278. The van der Waals surface area contributed by atoms with Gasteiger partial charge in [-0.25, -0.2) is 9.59 Å². The quantitative estimate of drug-likeness (QED) is 0.00894. The summed E-state index contributed by atoms with van der Waals surface area (Å²) in [5, 5.41) is 19.8. The van der Waals surface area contributed by atoms with Crippen molar-refractivity contribution >= 4 is 75.1 Å². The topological polar surface area (TPSA) is 291 Å².